The van der Waals surface area contributed by atoms with Gasteiger partial charge in [0.15, 0.2) is 12.4 Å². The maximum absolute atomic E-state index is 3.78. The molecule has 2 heterocycles. The first-order valence-electron chi connectivity index (χ1n) is 9.61. The molecule has 0 N–H and O–H groups in total. The zero-order valence-corrected chi connectivity index (χ0v) is 17.0. The van der Waals surface area contributed by atoms with Crippen molar-refractivity contribution >= 4 is 0 Å². The van der Waals surface area contributed by atoms with E-state index in [4.69, 9.17) is 0 Å². The lowest BCUT2D eigenvalue weighted by molar-refractivity contribution is -0.697. The highest BCUT2D eigenvalue weighted by Crippen LogP contribution is 2.29. The first-order valence-corrected chi connectivity index (χ1v) is 9.61. The quantitative estimate of drug-likeness (QED) is 0.316. The summed E-state index contributed by atoms with van der Waals surface area (Å²) in [6, 6.07) is 5.16. The Kier molecular flexibility index (Phi) is 11.3. The first kappa shape index (κ1) is 21.4. The van der Waals surface area contributed by atoms with Gasteiger partial charge < -0.3 is 17.0 Å². The lowest BCUT2D eigenvalue weighted by atomic mass is 10.1. The molecule has 0 aromatic carbocycles. The SMILES string of the molecule is C=CCCCCCCCCC[n+]1cccc(C2CCCN2C)c1.[Br-]. The van der Waals surface area contributed by atoms with Crippen LogP contribution in [0.15, 0.2) is 37.2 Å². The van der Waals surface area contributed by atoms with E-state index >= 15 is 0 Å². The van der Waals surface area contributed by atoms with Crippen LogP contribution in [0, 0.1) is 0 Å². The molecule has 0 radical (unpaired) electrons. The number of pyridine rings is 1. The fourth-order valence-corrected chi connectivity index (χ4v) is 3.68. The summed E-state index contributed by atoms with van der Waals surface area (Å²) in [5.41, 5.74) is 1.50. The van der Waals surface area contributed by atoms with Gasteiger partial charge in [-0.3, -0.25) is 4.90 Å². The largest absolute Gasteiger partial charge is 1.00 e. The Hall–Kier alpha value is -0.670. The molecular weight excluding hydrogens is 360 g/mol. The molecule has 0 saturated carbocycles. The monoisotopic (exact) mass is 394 g/mol. The van der Waals surface area contributed by atoms with E-state index in [-0.39, 0.29) is 17.0 Å². The maximum Gasteiger partial charge on any atom is 0.173 e. The van der Waals surface area contributed by atoms with Gasteiger partial charge in [-0.15, -0.1) is 6.58 Å². The van der Waals surface area contributed by atoms with Gasteiger partial charge in [0.2, 0.25) is 0 Å². The van der Waals surface area contributed by atoms with Crippen molar-refractivity contribution in [2.45, 2.75) is 76.8 Å². The molecule has 24 heavy (non-hydrogen) atoms. The summed E-state index contributed by atoms with van der Waals surface area (Å²) < 4.78 is 2.39. The number of aryl methyl sites for hydroxylation is 1. The number of aromatic nitrogens is 1. The predicted molar refractivity (Wildman–Crippen MR) is 98.4 cm³/mol. The normalized spacial score (nSPS) is 17.6. The number of unbranched alkanes of at least 4 members (excludes halogenated alkanes) is 7. The smallest absolute Gasteiger partial charge is 0.173 e. The van der Waals surface area contributed by atoms with Crippen molar-refractivity contribution in [1.29, 1.82) is 0 Å². The van der Waals surface area contributed by atoms with Gasteiger partial charge in [0, 0.05) is 24.1 Å². The van der Waals surface area contributed by atoms with Gasteiger partial charge >= 0.3 is 0 Å². The third-order valence-electron chi connectivity index (χ3n) is 5.11. The zero-order chi connectivity index (χ0) is 16.3. The molecule has 1 fully saturated rings. The Morgan fingerprint density at radius 2 is 1.88 bits per heavy atom. The molecule has 136 valence electrons. The van der Waals surface area contributed by atoms with Gasteiger partial charge in [0.05, 0.1) is 0 Å². The number of allylic oxidation sites excluding steroid dienone is 1. The van der Waals surface area contributed by atoms with Crippen LogP contribution in [0.5, 0.6) is 0 Å². The van der Waals surface area contributed by atoms with Crippen LogP contribution >= 0.6 is 0 Å². The lowest BCUT2D eigenvalue weighted by Gasteiger charge is -2.18. The van der Waals surface area contributed by atoms with Crippen LogP contribution in [0.25, 0.3) is 0 Å². The molecule has 1 saturated heterocycles. The summed E-state index contributed by atoms with van der Waals surface area (Å²) in [6.45, 7) is 6.19. The van der Waals surface area contributed by atoms with Crippen LogP contribution in [0.1, 0.15) is 75.8 Å². The minimum Gasteiger partial charge on any atom is -1.00 e. The van der Waals surface area contributed by atoms with E-state index in [0.717, 1.165) is 0 Å². The van der Waals surface area contributed by atoms with Crippen molar-refractivity contribution in [3.8, 4) is 0 Å². The van der Waals surface area contributed by atoms with Crippen molar-refractivity contribution in [2.75, 3.05) is 13.6 Å². The van der Waals surface area contributed by atoms with Crippen LogP contribution in [-0.2, 0) is 6.54 Å². The van der Waals surface area contributed by atoms with E-state index in [1.807, 2.05) is 6.08 Å². The maximum atomic E-state index is 3.78. The Labute approximate surface area is 159 Å². The molecule has 0 bridgehead atoms. The third-order valence-corrected chi connectivity index (χ3v) is 5.11. The molecule has 1 aromatic rings. The van der Waals surface area contributed by atoms with E-state index < -0.39 is 0 Å². The number of likely N-dealkylation sites (tertiary alicyclic amines) is 1. The Bertz CT molecular complexity index is 461. The lowest BCUT2D eigenvalue weighted by Crippen LogP contribution is -3.00. The number of hydrogen-bond donors (Lipinski definition) is 0. The Morgan fingerprint density at radius 3 is 2.54 bits per heavy atom. The molecule has 1 unspecified atom stereocenters. The highest BCUT2D eigenvalue weighted by Gasteiger charge is 2.24. The topological polar surface area (TPSA) is 7.12 Å². The highest BCUT2D eigenvalue weighted by molar-refractivity contribution is 5.12. The van der Waals surface area contributed by atoms with Crippen LogP contribution in [0.4, 0.5) is 0 Å². The number of rotatable bonds is 11. The average Bonchev–Trinajstić information content (AvgIpc) is 3.00. The van der Waals surface area contributed by atoms with E-state index in [1.54, 1.807) is 0 Å². The molecule has 1 aliphatic heterocycles. The van der Waals surface area contributed by atoms with Crippen LogP contribution < -0.4 is 21.5 Å². The number of hydrogen-bond acceptors (Lipinski definition) is 1. The second-order valence-corrected chi connectivity index (χ2v) is 7.07. The summed E-state index contributed by atoms with van der Waals surface area (Å²) >= 11 is 0. The van der Waals surface area contributed by atoms with E-state index in [2.05, 4.69) is 47.6 Å². The van der Waals surface area contributed by atoms with E-state index in [1.165, 1.54) is 82.9 Å². The predicted octanol–water partition coefficient (Wildman–Crippen LogP) is 2.05. The van der Waals surface area contributed by atoms with Crippen molar-refractivity contribution < 1.29 is 21.5 Å². The van der Waals surface area contributed by atoms with Gasteiger partial charge in [0.25, 0.3) is 0 Å². The molecular formula is C21H35BrN2. The fraction of sp³-hybridized carbons (Fsp3) is 0.667. The molecule has 2 rings (SSSR count). The van der Waals surface area contributed by atoms with Gasteiger partial charge in [-0.2, -0.15) is 0 Å². The highest BCUT2D eigenvalue weighted by atomic mass is 79.9. The third kappa shape index (κ3) is 7.48. The number of halogens is 1. The van der Waals surface area contributed by atoms with Crippen molar-refractivity contribution in [1.82, 2.24) is 4.90 Å². The Balaban J connectivity index is 0.00000288. The van der Waals surface area contributed by atoms with Gasteiger partial charge in [-0.05, 0) is 51.8 Å². The molecule has 3 heteroatoms. The number of nitrogens with zero attached hydrogens (tertiary/aromatic N) is 2. The minimum atomic E-state index is 0. The van der Waals surface area contributed by atoms with Gasteiger partial charge in [-0.25, -0.2) is 4.57 Å². The zero-order valence-electron chi connectivity index (χ0n) is 15.4. The second kappa shape index (κ2) is 12.7. The fourth-order valence-electron chi connectivity index (χ4n) is 3.68. The molecule has 1 aromatic heterocycles. The summed E-state index contributed by atoms with van der Waals surface area (Å²) in [5, 5.41) is 0. The minimum absolute atomic E-state index is 0. The first-order chi connectivity index (χ1) is 11.3. The molecule has 0 amide bonds. The average molecular weight is 395 g/mol. The van der Waals surface area contributed by atoms with Crippen LogP contribution in [-0.4, -0.2) is 18.5 Å². The van der Waals surface area contributed by atoms with E-state index in [9.17, 15) is 0 Å². The van der Waals surface area contributed by atoms with Gasteiger partial charge in [-0.1, -0.05) is 31.8 Å². The summed E-state index contributed by atoms with van der Waals surface area (Å²) in [4.78, 5) is 2.49. The second-order valence-electron chi connectivity index (χ2n) is 7.07. The van der Waals surface area contributed by atoms with E-state index in [0.29, 0.717) is 6.04 Å². The van der Waals surface area contributed by atoms with Crippen molar-refractivity contribution in [2.24, 2.45) is 0 Å². The molecule has 0 spiro atoms. The summed E-state index contributed by atoms with van der Waals surface area (Å²) in [7, 11) is 2.25. The molecule has 1 aliphatic rings. The standard InChI is InChI=1S/C21H35N2.BrH/c1-3-4-5-6-7-8-9-10-11-17-23-18-12-14-20(19-23)21-15-13-16-22(21)2;/h3,12,14,18-19,21H,1,4-11,13,15-17H2,2H3;1H/q+1;/p-1. The summed E-state index contributed by atoms with van der Waals surface area (Å²) in [5.74, 6) is 0. The van der Waals surface area contributed by atoms with Gasteiger partial charge in [0.1, 0.15) is 6.54 Å². The van der Waals surface area contributed by atoms with Crippen LogP contribution in [0.2, 0.25) is 0 Å². The molecule has 0 aliphatic carbocycles. The van der Waals surface area contributed by atoms with Crippen molar-refractivity contribution in [3.05, 3.63) is 42.7 Å². The van der Waals surface area contributed by atoms with Crippen molar-refractivity contribution in [3.63, 3.8) is 0 Å². The molecule has 1 atom stereocenters. The molecule has 2 nitrogen and oxygen atoms in total. The summed E-state index contributed by atoms with van der Waals surface area (Å²) in [6.07, 6.45) is 20.0. The van der Waals surface area contributed by atoms with Crippen LogP contribution in [0.3, 0.4) is 0 Å². The Morgan fingerprint density at radius 1 is 1.17 bits per heavy atom.